The minimum absolute atomic E-state index is 0.742. The molecule has 0 bridgehead atoms. The molecule has 0 aromatic heterocycles. The Bertz CT molecular complexity index is 762. The highest BCUT2D eigenvalue weighted by atomic mass is 79.9. The molecule has 0 nitrogen and oxygen atoms in total. The highest BCUT2D eigenvalue weighted by Gasteiger charge is 2.07. The molecule has 0 spiro atoms. The molecule has 3 aromatic rings. The predicted octanol–water partition coefficient (Wildman–Crippen LogP) is 6.23. The monoisotopic (exact) mass is 330 g/mol. The van der Waals surface area contributed by atoms with Gasteiger partial charge in [0.25, 0.3) is 0 Å². The van der Waals surface area contributed by atoms with Crippen LogP contribution < -0.4 is 0 Å². The van der Waals surface area contributed by atoms with E-state index in [4.69, 9.17) is 11.6 Å². The van der Waals surface area contributed by atoms with Crippen molar-refractivity contribution in [3.8, 4) is 11.1 Å². The van der Waals surface area contributed by atoms with Crippen LogP contribution in [0.3, 0.4) is 0 Å². The van der Waals surface area contributed by atoms with Gasteiger partial charge in [0.05, 0.1) is 0 Å². The van der Waals surface area contributed by atoms with E-state index in [-0.39, 0.29) is 0 Å². The Morgan fingerprint density at radius 3 is 2.53 bits per heavy atom. The fourth-order valence-corrected chi connectivity index (χ4v) is 3.24. The second-order valence-electron chi connectivity index (χ2n) is 4.65. The maximum absolute atomic E-state index is 6.01. The normalized spacial score (nSPS) is 10.9. The number of hydrogen-bond acceptors (Lipinski definition) is 0. The molecule has 0 aliphatic carbocycles. The van der Waals surface area contributed by atoms with Crippen molar-refractivity contribution in [2.75, 3.05) is 0 Å². The van der Waals surface area contributed by atoms with Gasteiger partial charge in [0, 0.05) is 9.50 Å². The maximum atomic E-state index is 6.01. The SMILES string of the molecule is Cc1ccc2c(-c3ccc(Cl)cc3Br)cccc2c1. The van der Waals surface area contributed by atoms with Crippen LogP contribution in [-0.4, -0.2) is 0 Å². The lowest BCUT2D eigenvalue weighted by Gasteiger charge is -2.10. The minimum Gasteiger partial charge on any atom is -0.0843 e. The van der Waals surface area contributed by atoms with Crippen molar-refractivity contribution in [3.05, 3.63) is 69.7 Å². The van der Waals surface area contributed by atoms with Crippen LogP contribution in [0.4, 0.5) is 0 Å². The topological polar surface area (TPSA) is 0 Å². The molecule has 0 atom stereocenters. The van der Waals surface area contributed by atoms with Crippen molar-refractivity contribution in [2.24, 2.45) is 0 Å². The zero-order valence-electron chi connectivity index (χ0n) is 10.5. The van der Waals surface area contributed by atoms with E-state index >= 15 is 0 Å². The molecule has 0 radical (unpaired) electrons. The molecular formula is C17H12BrCl. The lowest BCUT2D eigenvalue weighted by atomic mass is 9.97. The highest BCUT2D eigenvalue weighted by molar-refractivity contribution is 9.10. The van der Waals surface area contributed by atoms with Gasteiger partial charge in [-0.3, -0.25) is 0 Å². The smallest absolute Gasteiger partial charge is 0.0417 e. The molecule has 0 amide bonds. The maximum Gasteiger partial charge on any atom is 0.0417 e. The van der Waals surface area contributed by atoms with Crippen LogP contribution in [0, 0.1) is 6.92 Å². The van der Waals surface area contributed by atoms with Crippen LogP contribution in [0.1, 0.15) is 5.56 Å². The molecule has 0 aliphatic heterocycles. The van der Waals surface area contributed by atoms with Crippen molar-refractivity contribution >= 4 is 38.3 Å². The van der Waals surface area contributed by atoms with E-state index in [2.05, 4.69) is 65.3 Å². The Kier molecular flexibility index (Phi) is 3.34. The summed E-state index contributed by atoms with van der Waals surface area (Å²) in [7, 11) is 0. The van der Waals surface area contributed by atoms with Crippen molar-refractivity contribution < 1.29 is 0 Å². The quantitative estimate of drug-likeness (QED) is 0.496. The molecule has 0 saturated heterocycles. The van der Waals surface area contributed by atoms with Gasteiger partial charge in [0.2, 0.25) is 0 Å². The van der Waals surface area contributed by atoms with Crippen molar-refractivity contribution in [1.82, 2.24) is 0 Å². The molecule has 3 rings (SSSR count). The summed E-state index contributed by atoms with van der Waals surface area (Å²) in [6.07, 6.45) is 0. The average molecular weight is 332 g/mol. The molecule has 0 heterocycles. The third-order valence-electron chi connectivity index (χ3n) is 3.26. The van der Waals surface area contributed by atoms with Crippen LogP contribution in [0.25, 0.3) is 21.9 Å². The van der Waals surface area contributed by atoms with Crippen LogP contribution in [0.15, 0.2) is 59.1 Å². The first-order valence-electron chi connectivity index (χ1n) is 6.10. The predicted molar refractivity (Wildman–Crippen MR) is 86.8 cm³/mol. The summed E-state index contributed by atoms with van der Waals surface area (Å²) in [5.41, 5.74) is 3.67. The van der Waals surface area contributed by atoms with E-state index in [1.165, 1.54) is 27.5 Å². The number of hydrogen-bond donors (Lipinski definition) is 0. The van der Waals surface area contributed by atoms with Gasteiger partial charge in [0.1, 0.15) is 0 Å². The standard InChI is InChI=1S/C17H12BrCl/c1-11-5-7-14-12(9-11)3-2-4-15(14)16-8-6-13(19)10-17(16)18/h2-10H,1H3. The number of benzene rings is 3. The van der Waals surface area contributed by atoms with Crippen LogP contribution in [0.2, 0.25) is 5.02 Å². The summed E-state index contributed by atoms with van der Waals surface area (Å²) in [5.74, 6) is 0. The lowest BCUT2D eigenvalue weighted by Crippen LogP contribution is -1.84. The average Bonchev–Trinajstić information content (AvgIpc) is 2.38. The Morgan fingerprint density at radius 2 is 1.74 bits per heavy atom. The second-order valence-corrected chi connectivity index (χ2v) is 5.95. The molecule has 3 aromatic carbocycles. The summed E-state index contributed by atoms with van der Waals surface area (Å²) in [6, 6.07) is 18.8. The lowest BCUT2D eigenvalue weighted by molar-refractivity contribution is 1.50. The summed E-state index contributed by atoms with van der Waals surface area (Å²) >= 11 is 9.61. The third-order valence-corrected chi connectivity index (χ3v) is 4.15. The van der Waals surface area contributed by atoms with Gasteiger partial charge >= 0.3 is 0 Å². The highest BCUT2D eigenvalue weighted by Crippen LogP contribution is 2.35. The molecule has 0 aliphatic rings. The number of aryl methyl sites for hydroxylation is 1. The first kappa shape index (κ1) is 12.7. The van der Waals surface area contributed by atoms with Crippen LogP contribution in [-0.2, 0) is 0 Å². The Balaban J connectivity index is 2.30. The fourth-order valence-electron chi connectivity index (χ4n) is 2.35. The first-order valence-corrected chi connectivity index (χ1v) is 7.27. The van der Waals surface area contributed by atoms with Gasteiger partial charge in [-0.25, -0.2) is 0 Å². The summed E-state index contributed by atoms with van der Waals surface area (Å²) in [6.45, 7) is 2.12. The van der Waals surface area contributed by atoms with Crippen LogP contribution in [0.5, 0.6) is 0 Å². The largest absolute Gasteiger partial charge is 0.0843 e. The molecule has 0 N–H and O–H groups in total. The van der Waals surface area contributed by atoms with E-state index in [0.29, 0.717) is 0 Å². The molecule has 19 heavy (non-hydrogen) atoms. The van der Waals surface area contributed by atoms with Gasteiger partial charge in [-0.2, -0.15) is 0 Å². The second kappa shape index (κ2) is 4.99. The van der Waals surface area contributed by atoms with E-state index in [9.17, 15) is 0 Å². The van der Waals surface area contributed by atoms with E-state index in [0.717, 1.165) is 9.50 Å². The van der Waals surface area contributed by atoms with Gasteiger partial charge in [0.15, 0.2) is 0 Å². The first-order chi connectivity index (χ1) is 9.15. The van der Waals surface area contributed by atoms with Crippen LogP contribution >= 0.6 is 27.5 Å². The van der Waals surface area contributed by atoms with Crippen molar-refractivity contribution in [2.45, 2.75) is 6.92 Å². The zero-order chi connectivity index (χ0) is 13.4. The van der Waals surface area contributed by atoms with Crippen molar-refractivity contribution in [1.29, 1.82) is 0 Å². The Labute approximate surface area is 126 Å². The molecule has 94 valence electrons. The minimum atomic E-state index is 0.742. The van der Waals surface area contributed by atoms with Gasteiger partial charge in [-0.1, -0.05) is 75.6 Å². The van der Waals surface area contributed by atoms with Gasteiger partial charge < -0.3 is 0 Å². The van der Waals surface area contributed by atoms with Gasteiger partial charge in [-0.15, -0.1) is 0 Å². The van der Waals surface area contributed by atoms with Crippen molar-refractivity contribution in [3.63, 3.8) is 0 Å². The van der Waals surface area contributed by atoms with E-state index in [1.54, 1.807) is 0 Å². The van der Waals surface area contributed by atoms with E-state index < -0.39 is 0 Å². The number of rotatable bonds is 1. The zero-order valence-corrected chi connectivity index (χ0v) is 12.8. The summed E-state index contributed by atoms with van der Waals surface area (Å²) < 4.78 is 1.02. The Hall–Kier alpha value is -1.31. The Morgan fingerprint density at radius 1 is 0.895 bits per heavy atom. The molecule has 0 unspecified atom stereocenters. The summed E-state index contributed by atoms with van der Waals surface area (Å²) in [4.78, 5) is 0. The van der Waals surface area contributed by atoms with E-state index in [1.807, 2.05) is 12.1 Å². The van der Waals surface area contributed by atoms with Gasteiger partial charge in [-0.05, 0) is 41.0 Å². The fraction of sp³-hybridized carbons (Fsp3) is 0.0588. The number of fused-ring (bicyclic) bond motifs is 1. The molecular weight excluding hydrogens is 320 g/mol. The summed E-state index contributed by atoms with van der Waals surface area (Å²) in [5, 5.41) is 3.27. The molecule has 0 saturated carbocycles. The third kappa shape index (κ3) is 2.41. The number of halogens is 2. The molecule has 2 heteroatoms. The molecule has 0 fully saturated rings.